The highest BCUT2D eigenvalue weighted by Gasteiger charge is 2.29. The summed E-state index contributed by atoms with van der Waals surface area (Å²) in [6.07, 6.45) is -0.761. The minimum Gasteiger partial charge on any atom is -0.438 e. The van der Waals surface area contributed by atoms with E-state index in [1.165, 1.54) is 7.11 Å². The van der Waals surface area contributed by atoms with E-state index in [9.17, 15) is 9.59 Å². The average molecular weight is 343 g/mol. The lowest BCUT2D eigenvalue weighted by molar-refractivity contribution is 0.0678. The molecule has 9 heteroatoms. The van der Waals surface area contributed by atoms with Crippen molar-refractivity contribution >= 4 is 36.1 Å². The molecule has 126 valence electrons. The summed E-state index contributed by atoms with van der Waals surface area (Å²) < 4.78 is 9.13. The number of hydrogen-bond acceptors (Lipinski definition) is 5. The van der Waals surface area contributed by atoms with Crippen molar-refractivity contribution in [2.45, 2.75) is 0 Å². The molecule has 0 aliphatic carbocycles. The molecular weight excluding hydrogens is 324 g/mol. The molecular formula is C14H19ClN4O4. The summed E-state index contributed by atoms with van der Waals surface area (Å²) in [7, 11) is 1.23. The molecule has 0 unspecified atom stereocenters. The summed E-state index contributed by atoms with van der Waals surface area (Å²) in [6, 6.07) is 6.76. The van der Waals surface area contributed by atoms with Crippen molar-refractivity contribution in [3.8, 4) is 0 Å². The van der Waals surface area contributed by atoms with Crippen molar-refractivity contribution < 1.29 is 19.1 Å². The maximum atomic E-state index is 12.3. The molecule has 1 fully saturated rings. The van der Waals surface area contributed by atoms with Crippen LogP contribution in [-0.2, 0) is 9.47 Å². The third kappa shape index (κ3) is 4.49. The van der Waals surface area contributed by atoms with E-state index in [2.05, 4.69) is 4.74 Å². The predicted molar refractivity (Wildman–Crippen MR) is 87.4 cm³/mol. The number of carbonyl (C=O) groups excluding carboxylic acids is 2. The molecule has 1 heterocycles. The highest BCUT2D eigenvalue weighted by molar-refractivity contribution is 5.97. The molecule has 0 saturated carbocycles. The minimum atomic E-state index is -0.761. The van der Waals surface area contributed by atoms with Gasteiger partial charge in [-0.05, 0) is 24.3 Å². The fraction of sp³-hybridized carbons (Fsp3) is 0.357. The summed E-state index contributed by atoms with van der Waals surface area (Å²) in [5.41, 5.74) is 6.75. The van der Waals surface area contributed by atoms with Gasteiger partial charge in [0, 0.05) is 24.3 Å². The molecule has 3 N–H and O–H groups in total. The van der Waals surface area contributed by atoms with Gasteiger partial charge in [-0.1, -0.05) is 0 Å². The van der Waals surface area contributed by atoms with E-state index in [0.717, 1.165) is 5.69 Å². The van der Waals surface area contributed by atoms with Gasteiger partial charge < -0.3 is 20.1 Å². The van der Waals surface area contributed by atoms with Gasteiger partial charge >= 0.3 is 12.2 Å². The summed E-state index contributed by atoms with van der Waals surface area (Å²) in [6.45, 7) is 1.51. The van der Waals surface area contributed by atoms with Crippen LogP contribution < -0.4 is 10.6 Å². The molecule has 0 radical (unpaired) electrons. The number of nitrogen functional groups attached to an aromatic ring is 1. The molecule has 0 spiro atoms. The number of benzene rings is 1. The molecule has 8 nitrogen and oxygen atoms in total. The first kappa shape index (κ1) is 18.6. The van der Waals surface area contributed by atoms with Gasteiger partial charge in [0.2, 0.25) is 0 Å². The van der Waals surface area contributed by atoms with Crippen molar-refractivity contribution in [3.63, 3.8) is 0 Å². The molecule has 2 amide bonds. The fourth-order valence-electron chi connectivity index (χ4n) is 2.15. The average Bonchev–Trinajstić information content (AvgIpc) is 2.88. The fourth-order valence-corrected chi connectivity index (χ4v) is 2.15. The number of methoxy groups -OCH3 is 1. The number of anilines is 1. The maximum Gasteiger partial charge on any atom is 0.508 e. The van der Waals surface area contributed by atoms with Gasteiger partial charge in [0.05, 0.1) is 13.7 Å². The first-order chi connectivity index (χ1) is 10.5. The highest BCUT2D eigenvalue weighted by Crippen LogP contribution is 2.20. The van der Waals surface area contributed by atoms with Crippen LogP contribution in [0.15, 0.2) is 24.3 Å². The van der Waals surface area contributed by atoms with Crippen LogP contribution in [0, 0.1) is 5.41 Å². The lowest BCUT2D eigenvalue weighted by atomic mass is 10.2. The quantitative estimate of drug-likeness (QED) is 0.478. The Bertz CT molecular complexity index is 579. The first-order valence-electron chi connectivity index (χ1n) is 6.74. The predicted octanol–water partition coefficient (Wildman–Crippen LogP) is 1.42. The third-order valence-corrected chi connectivity index (χ3v) is 3.33. The molecule has 1 saturated heterocycles. The number of hydrogen-bond donors (Lipinski definition) is 2. The van der Waals surface area contributed by atoms with Gasteiger partial charge in [-0.25, -0.2) is 9.59 Å². The van der Waals surface area contributed by atoms with E-state index < -0.39 is 6.16 Å². The zero-order chi connectivity index (χ0) is 16.1. The molecule has 23 heavy (non-hydrogen) atoms. The third-order valence-electron chi connectivity index (χ3n) is 3.33. The van der Waals surface area contributed by atoms with Gasteiger partial charge in [0.15, 0.2) is 0 Å². The number of amides is 2. The zero-order valence-electron chi connectivity index (χ0n) is 12.7. The number of urea groups is 1. The number of carbonyl (C=O) groups is 2. The Morgan fingerprint density at radius 2 is 1.96 bits per heavy atom. The Hall–Kier alpha value is -2.48. The first-order valence-corrected chi connectivity index (χ1v) is 6.74. The molecule has 0 aromatic heterocycles. The Morgan fingerprint density at radius 3 is 2.52 bits per heavy atom. The van der Waals surface area contributed by atoms with Gasteiger partial charge in [-0.3, -0.25) is 10.3 Å². The van der Waals surface area contributed by atoms with Gasteiger partial charge in [0.1, 0.15) is 12.4 Å². The second kappa shape index (κ2) is 8.23. The number of nitrogens with one attached hydrogen (secondary N) is 1. The molecule has 2 rings (SSSR count). The number of halogens is 1. The van der Waals surface area contributed by atoms with E-state index in [4.69, 9.17) is 15.9 Å². The Balaban J connectivity index is 0.00000264. The SMILES string of the molecule is COC(=O)OCCN1CCN(c2ccc(C(=N)N)cc2)C1=O.Cl. The smallest absolute Gasteiger partial charge is 0.438 e. The number of rotatable bonds is 5. The van der Waals surface area contributed by atoms with Crippen molar-refractivity contribution in [2.24, 2.45) is 5.73 Å². The number of nitrogens with two attached hydrogens (primary N) is 1. The molecule has 1 aromatic carbocycles. The summed E-state index contributed by atoms with van der Waals surface area (Å²) in [5, 5.41) is 7.35. The van der Waals surface area contributed by atoms with Crippen LogP contribution in [0.2, 0.25) is 0 Å². The standard InChI is InChI=1S/C14H18N4O4.ClH/c1-21-14(20)22-9-8-17-6-7-18(13(17)19)11-4-2-10(3-5-11)12(15)16;/h2-5H,6-9H2,1H3,(H3,15,16);1H. The van der Waals surface area contributed by atoms with Gasteiger partial charge in [-0.2, -0.15) is 0 Å². The van der Waals surface area contributed by atoms with Crippen LogP contribution in [0.1, 0.15) is 5.56 Å². The van der Waals surface area contributed by atoms with Crippen LogP contribution in [-0.4, -0.2) is 56.3 Å². The maximum absolute atomic E-state index is 12.3. The lowest BCUT2D eigenvalue weighted by Gasteiger charge is -2.18. The largest absolute Gasteiger partial charge is 0.508 e. The van der Waals surface area contributed by atoms with Crippen molar-refractivity contribution in [3.05, 3.63) is 29.8 Å². The molecule has 1 aromatic rings. The molecule has 0 atom stereocenters. The zero-order valence-corrected chi connectivity index (χ0v) is 13.5. The van der Waals surface area contributed by atoms with E-state index in [-0.39, 0.29) is 30.9 Å². The normalized spacial score (nSPS) is 13.5. The summed E-state index contributed by atoms with van der Waals surface area (Å²) in [4.78, 5) is 26.4. The summed E-state index contributed by atoms with van der Waals surface area (Å²) in [5.74, 6) is -0.0131. The number of amidine groups is 1. The van der Waals surface area contributed by atoms with Gasteiger partial charge in [0.25, 0.3) is 0 Å². The van der Waals surface area contributed by atoms with Crippen molar-refractivity contribution in [2.75, 3.05) is 38.3 Å². The molecule has 1 aliphatic heterocycles. The van der Waals surface area contributed by atoms with Crippen molar-refractivity contribution in [1.82, 2.24) is 4.90 Å². The Kier molecular flexibility index (Phi) is 6.65. The molecule has 1 aliphatic rings. The van der Waals surface area contributed by atoms with Gasteiger partial charge in [-0.15, -0.1) is 12.4 Å². The number of nitrogens with zero attached hydrogens (tertiary/aromatic N) is 2. The Labute approximate surface area is 140 Å². The monoisotopic (exact) mass is 342 g/mol. The lowest BCUT2D eigenvalue weighted by Crippen LogP contribution is -2.34. The van der Waals surface area contributed by atoms with Crippen LogP contribution >= 0.6 is 12.4 Å². The Morgan fingerprint density at radius 1 is 1.30 bits per heavy atom. The second-order valence-electron chi connectivity index (χ2n) is 4.68. The van der Waals surface area contributed by atoms with Crippen LogP contribution in [0.4, 0.5) is 15.3 Å². The topological polar surface area (TPSA) is 109 Å². The second-order valence-corrected chi connectivity index (χ2v) is 4.68. The van der Waals surface area contributed by atoms with E-state index >= 15 is 0 Å². The van der Waals surface area contributed by atoms with E-state index in [0.29, 0.717) is 25.2 Å². The van der Waals surface area contributed by atoms with E-state index in [1.54, 1.807) is 34.1 Å². The highest BCUT2D eigenvalue weighted by atomic mass is 35.5. The van der Waals surface area contributed by atoms with Crippen LogP contribution in [0.25, 0.3) is 0 Å². The van der Waals surface area contributed by atoms with Crippen molar-refractivity contribution in [1.29, 1.82) is 5.41 Å². The molecule has 0 bridgehead atoms. The van der Waals surface area contributed by atoms with Crippen LogP contribution in [0.5, 0.6) is 0 Å². The number of ether oxygens (including phenoxy) is 2. The summed E-state index contributed by atoms with van der Waals surface area (Å²) >= 11 is 0. The van der Waals surface area contributed by atoms with E-state index in [1.807, 2.05) is 0 Å². The van der Waals surface area contributed by atoms with Crippen LogP contribution in [0.3, 0.4) is 0 Å². The minimum absolute atomic E-state index is 0.